The van der Waals surface area contributed by atoms with Crippen LogP contribution in [0.25, 0.3) is 0 Å². The van der Waals surface area contributed by atoms with E-state index in [1.807, 2.05) is 12.1 Å². The third-order valence-corrected chi connectivity index (χ3v) is 3.42. The van der Waals surface area contributed by atoms with Gasteiger partial charge in [0.15, 0.2) is 0 Å². The van der Waals surface area contributed by atoms with Crippen molar-refractivity contribution in [2.75, 3.05) is 6.61 Å². The summed E-state index contributed by atoms with van der Waals surface area (Å²) >= 11 is 0. The Bertz CT molecular complexity index is 390. The van der Waals surface area contributed by atoms with Crippen LogP contribution in [0.1, 0.15) is 25.3 Å². The molecule has 1 aromatic heterocycles. The van der Waals surface area contributed by atoms with Gasteiger partial charge in [0.2, 0.25) is 5.88 Å². The van der Waals surface area contributed by atoms with E-state index in [9.17, 15) is 0 Å². The lowest BCUT2D eigenvalue weighted by Gasteiger charge is -2.25. The molecule has 0 amide bonds. The van der Waals surface area contributed by atoms with Crippen molar-refractivity contribution in [3.05, 3.63) is 36.0 Å². The molecule has 0 aromatic carbocycles. The van der Waals surface area contributed by atoms with Gasteiger partial charge in [0.25, 0.3) is 0 Å². The van der Waals surface area contributed by atoms with Gasteiger partial charge in [-0.25, -0.2) is 4.98 Å². The van der Waals surface area contributed by atoms with Crippen LogP contribution in [-0.4, -0.2) is 11.6 Å². The summed E-state index contributed by atoms with van der Waals surface area (Å²) in [6.07, 6.45) is 8.51. The average Bonchev–Trinajstić information content (AvgIpc) is 2.38. The van der Waals surface area contributed by atoms with Crippen molar-refractivity contribution in [2.24, 2.45) is 17.6 Å². The Labute approximate surface area is 103 Å². The number of allylic oxidation sites excluding steroid dienone is 2. The smallest absolute Gasteiger partial charge is 0.217 e. The lowest BCUT2D eigenvalue weighted by Crippen LogP contribution is -2.21. The zero-order chi connectivity index (χ0) is 12.1. The van der Waals surface area contributed by atoms with Gasteiger partial charge in [-0.15, -0.1) is 0 Å². The van der Waals surface area contributed by atoms with Crippen molar-refractivity contribution in [1.29, 1.82) is 0 Å². The molecule has 0 fully saturated rings. The maximum atomic E-state index is 5.81. The fourth-order valence-electron chi connectivity index (χ4n) is 2.13. The van der Waals surface area contributed by atoms with Gasteiger partial charge in [-0.05, 0) is 30.7 Å². The summed E-state index contributed by atoms with van der Waals surface area (Å²) in [5.74, 6) is 1.97. The van der Waals surface area contributed by atoms with Crippen LogP contribution in [-0.2, 0) is 6.54 Å². The molecule has 0 aliphatic heterocycles. The van der Waals surface area contributed by atoms with Crippen molar-refractivity contribution in [1.82, 2.24) is 4.98 Å². The number of aromatic nitrogens is 1. The number of hydrogen-bond donors (Lipinski definition) is 1. The van der Waals surface area contributed by atoms with E-state index in [4.69, 9.17) is 10.5 Å². The zero-order valence-electron chi connectivity index (χ0n) is 10.3. The van der Waals surface area contributed by atoms with E-state index in [0.717, 1.165) is 25.0 Å². The van der Waals surface area contributed by atoms with Crippen LogP contribution >= 0.6 is 0 Å². The SMILES string of the molecule is CC1CC=CCC1COc1ncccc1CN. The summed E-state index contributed by atoms with van der Waals surface area (Å²) in [5, 5.41) is 0. The molecule has 0 spiro atoms. The minimum atomic E-state index is 0.475. The molecule has 0 saturated heterocycles. The van der Waals surface area contributed by atoms with Crippen molar-refractivity contribution in [3.8, 4) is 5.88 Å². The molecule has 0 saturated carbocycles. The maximum absolute atomic E-state index is 5.81. The normalized spacial score (nSPS) is 23.6. The molecule has 3 nitrogen and oxygen atoms in total. The Morgan fingerprint density at radius 2 is 2.24 bits per heavy atom. The molecule has 2 N–H and O–H groups in total. The minimum Gasteiger partial charge on any atom is -0.477 e. The predicted molar refractivity (Wildman–Crippen MR) is 68.7 cm³/mol. The molecular formula is C14H20N2O. The van der Waals surface area contributed by atoms with E-state index < -0.39 is 0 Å². The summed E-state index contributed by atoms with van der Waals surface area (Å²) in [4.78, 5) is 4.24. The quantitative estimate of drug-likeness (QED) is 0.811. The Kier molecular flexibility index (Phi) is 4.15. The van der Waals surface area contributed by atoms with E-state index in [2.05, 4.69) is 24.1 Å². The molecule has 1 heterocycles. The van der Waals surface area contributed by atoms with Crippen molar-refractivity contribution in [3.63, 3.8) is 0 Å². The van der Waals surface area contributed by atoms with Gasteiger partial charge in [-0.2, -0.15) is 0 Å². The zero-order valence-corrected chi connectivity index (χ0v) is 10.3. The number of hydrogen-bond acceptors (Lipinski definition) is 3. The number of nitrogens with zero attached hydrogens (tertiary/aromatic N) is 1. The second kappa shape index (κ2) is 5.82. The molecule has 2 unspecified atom stereocenters. The molecule has 1 aliphatic carbocycles. The van der Waals surface area contributed by atoms with Gasteiger partial charge in [0, 0.05) is 18.3 Å². The Hall–Kier alpha value is -1.35. The second-order valence-electron chi connectivity index (χ2n) is 4.66. The lowest BCUT2D eigenvalue weighted by molar-refractivity contribution is 0.191. The van der Waals surface area contributed by atoms with Gasteiger partial charge in [0.1, 0.15) is 0 Å². The average molecular weight is 232 g/mol. The van der Waals surface area contributed by atoms with Gasteiger partial charge in [-0.3, -0.25) is 0 Å². The molecule has 17 heavy (non-hydrogen) atoms. The summed E-state index contributed by atoms with van der Waals surface area (Å²) in [5.41, 5.74) is 6.63. The van der Waals surface area contributed by atoms with E-state index >= 15 is 0 Å². The van der Waals surface area contributed by atoms with Crippen molar-refractivity contribution in [2.45, 2.75) is 26.3 Å². The van der Waals surface area contributed by atoms with Crippen LogP contribution in [0, 0.1) is 11.8 Å². The highest BCUT2D eigenvalue weighted by Gasteiger charge is 2.19. The molecule has 0 radical (unpaired) electrons. The number of ether oxygens (including phenoxy) is 1. The highest BCUT2D eigenvalue weighted by Crippen LogP contribution is 2.26. The van der Waals surface area contributed by atoms with Crippen LogP contribution in [0.2, 0.25) is 0 Å². The first kappa shape index (κ1) is 12.1. The monoisotopic (exact) mass is 232 g/mol. The molecule has 92 valence electrons. The number of pyridine rings is 1. The summed E-state index contributed by atoms with van der Waals surface area (Å²) in [6, 6.07) is 3.85. The summed E-state index contributed by atoms with van der Waals surface area (Å²) < 4.78 is 5.81. The molecule has 0 bridgehead atoms. The van der Waals surface area contributed by atoms with Crippen LogP contribution in [0.4, 0.5) is 0 Å². The van der Waals surface area contributed by atoms with Crippen molar-refractivity contribution >= 4 is 0 Å². The molecule has 1 aliphatic rings. The standard InChI is InChI=1S/C14H20N2O/c1-11-5-2-3-6-13(11)10-17-14-12(9-15)7-4-8-16-14/h2-4,7-8,11,13H,5-6,9-10,15H2,1H3. The Balaban J connectivity index is 1.95. The topological polar surface area (TPSA) is 48.1 Å². The third kappa shape index (κ3) is 3.07. The predicted octanol–water partition coefficient (Wildman–Crippen LogP) is 2.52. The Morgan fingerprint density at radius 3 is 3.00 bits per heavy atom. The summed E-state index contributed by atoms with van der Waals surface area (Å²) in [7, 11) is 0. The summed E-state index contributed by atoms with van der Waals surface area (Å²) in [6.45, 7) is 3.48. The minimum absolute atomic E-state index is 0.475. The van der Waals surface area contributed by atoms with Gasteiger partial charge < -0.3 is 10.5 Å². The van der Waals surface area contributed by atoms with Gasteiger partial charge in [0.05, 0.1) is 6.61 Å². The fraction of sp³-hybridized carbons (Fsp3) is 0.500. The second-order valence-corrected chi connectivity index (χ2v) is 4.66. The highest BCUT2D eigenvalue weighted by molar-refractivity contribution is 5.24. The molecule has 3 heteroatoms. The number of nitrogens with two attached hydrogens (primary N) is 1. The fourth-order valence-corrected chi connectivity index (χ4v) is 2.13. The van der Waals surface area contributed by atoms with Crippen LogP contribution in [0.3, 0.4) is 0 Å². The van der Waals surface area contributed by atoms with E-state index in [1.54, 1.807) is 6.20 Å². The van der Waals surface area contributed by atoms with Gasteiger partial charge >= 0.3 is 0 Å². The molecule has 1 aromatic rings. The van der Waals surface area contributed by atoms with Crippen molar-refractivity contribution < 1.29 is 4.74 Å². The van der Waals surface area contributed by atoms with E-state index in [-0.39, 0.29) is 0 Å². The maximum Gasteiger partial charge on any atom is 0.217 e. The molecule has 2 atom stereocenters. The Morgan fingerprint density at radius 1 is 1.41 bits per heavy atom. The van der Waals surface area contributed by atoms with E-state index in [0.29, 0.717) is 24.3 Å². The first-order valence-corrected chi connectivity index (χ1v) is 6.23. The molecule has 2 rings (SSSR count). The first-order chi connectivity index (χ1) is 8.31. The first-order valence-electron chi connectivity index (χ1n) is 6.23. The van der Waals surface area contributed by atoms with Crippen LogP contribution in [0.5, 0.6) is 5.88 Å². The van der Waals surface area contributed by atoms with Crippen LogP contribution in [0.15, 0.2) is 30.5 Å². The molecular weight excluding hydrogens is 212 g/mol. The third-order valence-electron chi connectivity index (χ3n) is 3.42. The largest absolute Gasteiger partial charge is 0.477 e. The van der Waals surface area contributed by atoms with Crippen LogP contribution < -0.4 is 10.5 Å². The highest BCUT2D eigenvalue weighted by atomic mass is 16.5. The number of rotatable bonds is 4. The van der Waals surface area contributed by atoms with Gasteiger partial charge in [-0.1, -0.05) is 25.1 Å². The lowest BCUT2D eigenvalue weighted by atomic mass is 9.85. The van der Waals surface area contributed by atoms with E-state index in [1.165, 1.54) is 0 Å².